The van der Waals surface area contributed by atoms with Crippen molar-refractivity contribution in [1.29, 1.82) is 0 Å². The first kappa shape index (κ1) is 11.2. The Kier molecular flexibility index (Phi) is 3.27. The monoisotopic (exact) mass is 221 g/mol. The van der Waals surface area contributed by atoms with Crippen LogP contribution in [0.2, 0.25) is 0 Å². The van der Waals surface area contributed by atoms with Crippen molar-refractivity contribution in [2.75, 3.05) is 6.54 Å². The Hall–Kier alpha value is -1.32. The molecule has 1 saturated heterocycles. The summed E-state index contributed by atoms with van der Waals surface area (Å²) in [5, 5.41) is 4.13. The highest BCUT2D eigenvalue weighted by Crippen LogP contribution is 2.20. The molecular weight excluding hydrogens is 202 g/mol. The zero-order chi connectivity index (χ0) is 11.5. The van der Waals surface area contributed by atoms with Crippen LogP contribution in [0.1, 0.15) is 39.2 Å². The molecule has 88 valence electrons. The van der Waals surface area contributed by atoms with Gasteiger partial charge in [-0.15, -0.1) is 0 Å². The average molecular weight is 221 g/mol. The Morgan fingerprint density at radius 3 is 2.94 bits per heavy atom. The predicted molar refractivity (Wildman–Crippen MR) is 62.0 cm³/mol. The van der Waals surface area contributed by atoms with E-state index >= 15 is 0 Å². The largest absolute Gasteiger partial charge is 0.338 e. The maximum Gasteiger partial charge on any atom is 0.247 e. The highest BCUT2D eigenvalue weighted by Gasteiger charge is 2.27. The van der Waals surface area contributed by atoms with E-state index in [1.165, 1.54) is 6.42 Å². The van der Waals surface area contributed by atoms with E-state index in [-0.39, 0.29) is 11.9 Å². The van der Waals surface area contributed by atoms with Crippen LogP contribution in [0, 0.1) is 0 Å². The zero-order valence-corrected chi connectivity index (χ0v) is 9.97. The smallest absolute Gasteiger partial charge is 0.247 e. The second kappa shape index (κ2) is 4.68. The van der Waals surface area contributed by atoms with E-state index in [0.717, 1.165) is 19.4 Å². The summed E-state index contributed by atoms with van der Waals surface area (Å²) < 4.78 is 1.73. The number of carbonyl (C=O) groups is 1. The summed E-state index contributed by atoms with van der Waals surface area (Å²) in [7, 11) is 0. The minimum absolute atomic E-state index is 0.185. The van der Waals surface area contributed by atoms with Crippen LogP contribution in [-0.4, -0.2) is 33.2 Å². The average Bonchev–Trinajstić information content (AvgIpc) is 2.81. The summed E-state index contributed by atoms with van der Waals surface area (Å²) in [4.78, 5) is 14.3. The molecule has 4 nitrogen and oxygen atoms in total. The van der Waals surface area contributed by atoms with E-state index < -0.39 is 0 Å². The third-order valence-electron chi connectivity index (χ3n) is 3.37. The third-order valence-corrected chi connectivity index (χ3v) is 3.37. The van der Waals surface area contributed by atoms with Gasteiger partial charge in [0.15, 0.2) is 0 Å². The van der Waals surface area contributed by atoms with Crippen LogP contribution < -0.4 is 0 Å². The van der Waals surface area contributed by atoms with Crippen LogP contribution in [0.3, 0.4) is 0 Å². The van der Waals surface area contributed by atoms with Gasteiger partial charge in [0.1, 0.15) is 6.04 Å². The molecule has 1 aliphatic heterocycles. The van der Waals surface area contributed by atoms with E-state index in [1.54, 1.807) is 10.9 Å². The SMILES string of the molecule is CC1CCCCN1C(=O)C(C)n1cccn1. The Morgan fingerprint density at radius 1 is 1.50 bits per heavy atom. The van der Waals surface area contributed by atoms with Gasteiger partial charge in [0.25, 0.3) is 0 Å². The van der Waals surface area contributed by atoms with Gasteiger partial charge in [-0.25, -0.2) is 0 Å². The van der Waals surface area contributed by atoms with Crippen LogP contribution >= 0.6 is 0 Å². The van der Waals surface area contributed by atoms with Crippen molar-refractivity contribution in [3.63, 3.8) is 0 Å². The molecule has 0 saturated carbocycles. The van der Waals surface area contributed by atoms with Gasteiger partial charge in [-0.3, -0.25) is 9.48 Å². The Morgan fingerprint density at radius 2 is 2.31 bits per heavy atom. The quantitative estimate of drug-likeness (QED) is 0.764. The number of amides is 1. The van der Waals surface area contributed by atoms with E-state index in [0.29, 0.717) is 6.04 Å². The van der Waals surface area contributed by atoms with Gasteiger partial charge in [-0.1, -0.05) is 0 Å². The maximum absolute atomic E-state index is 12.3. The van der Waals surface area contributed by atoms with E-state index in [9.17, 15) is 4.79 Å². The van der Waals surface area contributed by atoms with Crippen molar-refractivity contribution in [3.8, 4) is 0 Å². The number of likely N-dealkylation sites (tertiary alicyclic amines) is 1. The van der Waals surface area contributed by atoms with Gasteiger partial charge in [-0.05, 0) is 39.2 Å². The second-order valence-corrected chi connectivity index (χ2v) is 4.54. The van der Waals surface area contributed by atoms with Crippen LogP contribution in [0.25, 0.3) is 0 Å². The number of nitrogens with zero attached hydrogens (tertiary/aromatic N) is 3. The Labute approximate surface area is 96.2 Å². The highest BCUT2D eigenvalue weighted by molar-refractivity contribution is 5.80. The highest BCUT2D eigenvalue weighted by atomic mass is 16.2. The van der Waals surface area contributed by atoms with Crippen molar-refractivity contribution in [3.05, 3.63) is 18.5 Å². The van der Waals surface area contributed by atoms with Crippen molar-refractivity contribution in [2.45, 2.75) is 45.2 Å². The minimum Gasteiger partial charge on any atom is -0.338 e. The lowest BCUT2D eigenvalue weighted by Gasteiger charge is -2.35. The topological polar surface area (TPSA) is 38.1 Å². The molecule has 1 fully saturated rings. The fourth-order valence-electron chi connectivity index (χ4n) is 2.29. The van der Waals surface area contributed by atoms with Gasteiger partial charge in [0.05, 0.1) is 0 Å². The van der Waals surface area contributed by atoms with Crippen LogP contribution in [0.4, 0.5) is 0 Å². The molecule has 4 heteroatoms. The lowest BCUT2D eigenvalue weighted by molar-refractivity contribution is -0.137. The number of rotatable bonds is 2. The van der Waals surface area contributed by atoms with E-state index in [1.807, 2.05) is 24.1 Å². The molecule has 0 N–H and O–H groups in total. The predicted octanol–water partition coefficient (Wildman–Crippen LogP) is 1.85. The first-order chi connectivity index (χ1) is 7.70. The summed E-state index contributed by atoms with van der Waals surface area (Å²) in [6.07, 6.45) is 7.04. The second-order valence-electron chi connectivity index (χ2n) is 4.54. The van der Waals surface area contributed by atoms with Gasteiger partial charge >= 0.3 is 0 Å². The number of hydrogen-bond acceptors (Lipinski definition) is 2. The van der Waals surface area contributed by atoms with Crippen LogP contribution in [-0.2, 0) is 4.79 Å². The normalized spacial score (nSPS) is 23.1. The third kappa shape index (κ3) is 2.10. The van der Waals surface area contributed by atoms with Crippen molar-refractivity contribution < 1.29 is 4.79 Å². The number of hydrogen-bond donors (Lipinski definition) is 0. The minimum atomic E-state index is -0.185. The van der Waals surface area contributed by atoms with Gasteiger partial charge in [0, 0.05) is 25.0 Å². The molecular formula is C12H19N3O. The molecule has 16 heavy (non-hydrogen) atoms. The molecule has 0 aliphatic carbocycles. The molecule has 1 aliphatic rings. The summed E-state index contributed by atoms with van der Waals surface area (Å²) in [5.41, 5.74) is 0. The fraction of sp³-hybridized carbons (Fsp3) is 0.667. The molecule has 2 rings (SSSR count). The van der Waals surface area contributed by atoms with E-state index in [4.69, 9.17) is 0 Å². The molecule has 0 radical (unpaired) electrons. The van der Waals surface area contributed by atoms with E-state index in [2.05, 4.69) is 12.0 Å². The molecule has 2 atom stereocenters. The van der Waals surface area contributed by atoms with Gasteiger partial charge in [-0.2, -0.15) is 5.10 Å². The molecule has 0 bridgehead atoms. The standard InChI is InChI=1S/C12H19N3O/c1-10-6-3-4-8-14(10)12(16)11(2)15-9-5-7-13-15/h5,7,9-11H,3-4,6,8H2,1-2H3. The molecule has 0 spiro atoms. The Balaban J connectivity index is 2.06. The van der Waals surface area contributed by atoms with Gasteiger partial charge < -0.3 is 4.90 Å². The number of carbonyl (C=O) groups excluding carboxylic acids is 1. The fourth-order valence-corrected chi connectivity index (χ4v) is 2.29. The van der Waals surface area contributed by atoms with Crippen molar-refractivity contribution in [1.82, 2.24) is 14.7 Å². The molecule has 2 unspecified atom stereocenters. The van der Waals surface area contributed by atoms with Crippen LogP contribution in [0.5, 0.6) is 0 Å². The first-order valence-electron chi connectivity index (χ1n) is 6.00. The zero-order valence-electron chi connectivity index (χ0n) is 9.97. The summed E-state index contributed by atoms with van der Waals surface area (Å²) in [6.45, 7) is 4.94. The molecule has 1 aromatic heterocycles. The molecule has 2 heterocycles. The summed E-state index contributed by atoms with van der Waals surface area (Å²) in [5.74, 6) is 0.191. The Bertz CT molecular complexity index is 347. The molecule has 1 amide bonds. The number of piperidine rings is 1. The molecule has 0 aromatic carbocycles. The lowest BCUT2D eigenvalue weighted by Crippen LogP contribution is -2.45. The van der Waals surface area contributed by atoms with Crippen LogP contribution in [0.15, 0.2) is 18.5 Å². The maximum atomic E-state index is 12.3. The summed E-state index contributed by atoms with van der Waals surface area (Å²) in [6, 6.07) is 2.04. The van der Waals surface area contributed by atoms with Crippen molar-refractivity contribution >= 4 is 5.91 Å². The van der Waals surface area contributed by atoms with Gasteiger partial charge in [0.2, 0.25) is 5.91 Å². The number of aromatic nitrogens is 2. The first-order valence-corrected chi connectivity index (χ1v) is 6.00. The lowest BCUT2D eigenvalue weighted by atomic mass is 10.0. The summed E-state index contributed by atoms with van der Waals surface area (Å²) >= 11 is 0. The molecule has 1 aromatic rings. The van der Waals surface area contributed by atoms with Crippen molar-refractivity contribution in [2.24, 2.45) is 0 Å².